The van der Waals surface area contributed by atoms with E-state index in [9.17, 15) is 4.79 Å². The zero-order chi connectivity index (χ0) is 13.9. The molecule has 1 aromatic carbocycles. The maximum absolute atomic E-state index is 12.1. The van der Waals surface area contributed by atoms with Gasteiger partial charge in [-0.1, -0.05) is 0 Å². The van der Waals surface area contributed by atoms with Gasteiger partial charge in [0.05, 0.1) is 6.04 Å². The van der Waals surface area contributed by atoms with Crippen LogP contribution >= 0.6 is 0 Å². The van der Waals surface area contributed by atoms with E-state index in [2.05, 4.69) is 20.8 Å². The van der Waals surface area contributed by atoms with Crippen molar-refractivity contribution in [3.05, 3.63) is 30.2 Å². The Morgan fingerprint density at radius 1 is 1.50 bits per heavy atom. The summed E-state index contributed by atoms with van der Waals surface area (Å²) in [5.74, 6) is 0.500. The van der Waals surface area contributed by atoms with E-state index in [0.29, 0.717) is 5.89 Å². The second kappa shape index (κ2) is 5.42. The lowest BCUT2D eigenvalue weighted by atomic mass is 10.1. The standard InChI is InChI=1S/C14H16N4O2/c1-9-7-10(14-18-16-8-20-14)4-5-11(9)17-13(19)12-3-2-6-15-12/h4-5,7-8,12,15H,2-3,6H2,1H3,(H,17,19). The van der Waals surface area contributed by atoms with Gasteiger partial charge in [0, 0.05) is 11.3 Å². The molecule has 0 radical (unpaired) electrons. The number of hydrogen-bond donors (Lipinski definition) is 2. The molecule has 0 saturated carbocycles. The molecular weight excluding hydrogens is 256 g/mol. The molecule has 2 aromatic rings. The number of nitrogens with one attached hydrogen (secondary N) is 2. The average Bonchev–Trinajstić information content (AvgIpc) is 3.14. The number of anilines is 1. The third-order valence-electron chi connectivity index (χ3n) is 3.47. The largest absolute Gasteiger partial charge is 0.423 e. The van der Waals surface area contributed by atoms with Gasteiger partial charge in [-0.2, -0.15) is 0 Å². The monoisotopic (exact) mass is 272 g/mol. The molecule has 0 bridgehead atoms. The van der Waals surface area contributed by atoms with Gasteiger partial charge in [-0.05, 0) is 50.1 Å². The van der Waals surface area contributed by atoms with Crippen molar-refractivity contribution in [3.63, 3.8) is 0 Å². The Kier molecular flexibility index (Phi) is 3.47. The van der Waals surface area contributed by atoms with Gasteiger partial charge in [0.25, 0.3) is 0 Å². The normalized spacial score (nSPS) is 18.1. The molecule has 1 aliphatic heterocycles. The van der Waals surface area contributed by atoms with Crippen molar-refractivity contribution in [1.82, 2.24) is 15.5 Å². The molecule has 0 spiro atoms. The van der Waals surface area contributed by atoms with Gasteiger partial charge in [0.1, 0.15) is 0 Å². The Morgan fingerprint density at radius 3 is 3.05 bits per heavy atom. The van der Waals surface area contributed by atoms with Crippen molar-refractivity contribution >= 4 is 11.6 Å². The molecule has 1 aromatic heterocycles. The van der Waals surface area contributed by atoms with Crippen molar-refractivity contribution in [2.75, 3.05) is 11.9 Å². The first-order valence-corrected chi connectivity index (χ1v) is 6.65. The zero-order valence-corrected chi connectivity index (χ0v) is 11.2. The van der Waals surface area contributed by atoms with Gasteiger partial charge in [0.15, 0.2) is 0 Å². The second-order valence-corrected chi connectivity index (χ2v) is 4.91. The van der Waals surface area contributed by atoms with Crippen LogP contribution in [0.5, 0.6) is 0 Å². The lowest BCUT2D eigenvalue weighted by Gasteiger charge is -2.13. The average molecular weight is 272 g/mol. The Bertz CT molecular complexity index is 604. The van der Waals surface area contributed by atoms with Crippen LogP contribution in [0.25, 0.3) is 11.5 Å². The molecule has 1 unspecified atom stereocenters. The minimum absolute atomic E-state index is 0.0242. The van der Waals surface area contributed by atoms with Gasteiger partial charge < -0.3 is 15.1 Å². The van der Waals surface area contributed by atoms with E-state index in [1.807, 2.05) is 25.1 Å². The number of benzene rings is 1. The Hall–Kier alpha value is -2.21. The summed E-state index contributed by atoms with van der Waals surface area (Å²) in [4.78, 5) is 12.1. The van der Waals surface area contributed by atoms with E-state index < -0.39 is 0 Å². The smallest absolute Gasteiger partial charge is 0.247 e. The lowest BCUT2D eigenvalue weighted by Crippen LogP contribution is -2.35. The maximum atomic E-state index is 12.1. The van der Waals surface area contributed by atoms with Crippen molar-refractivity contribution in [1.29, 1.82) is 0 Å². The van der Waals surface area contributed by atoms with E-state index >= 15 is 0 Å². The molecule has 1 aliphatic rings. The number of hydrogen-bond acceptors (Lipinski definition) is 5. The zero-order valence-electron chi connectivity index (χ0n) is 11.2. The van der Waals surface area contributed by atoms with Gasteiger partial charge in [-0.25, -0.2) is 0 Å². The number of nitrogens with zero attached hydrogens (tertiary/aromatic N) is 2. The fraction of sp³-hybridized carbons (Fsp3) is 0.357. The first kappa shape index (κ1) is 12.8. The maximum Gasteiger partial charge on any atom is 0.247 e. The number of rotatable bonds is 3. The predicted molar refractivity (Wildman–Crippen MR) is 74.1 cm³/mol. The number of amides is 1. The summed E-state index contributed by atoms with van der Waals surface area (Å²) in [5.41, 5.74) is 2.62. The highest BCUT2D eigenvalue weighted by Crippen LogP contribution is 2.23. The summed E-state index contributed by atoms with van der Waals surface area (Å²) >= 11 is 0. The van der Waals surface area contributed by atoms with E-state index in [0.717, 1.165) is 36.2 Å². The highest BCUT2D eigenvalue weighted by molar-refractivity contribution is 5.95. The van der Waals surface area contributed by atoms with Crippen LogP contribution in [0.3, 0.4) is 0 Å². The summed E-state index contributed by atoms with van der Waals surface area (Å²) in [6, 6.07) is 5.57. The summed E-state index contributed by atoms with van der Waals surface area (Å²) in [6.45, 7) is 2.85. The third-order valence-corrected chi connectivity index (χ3v) is 3.47. The van der Waals surface area contributed by atoms with Crippen molar-refractivity contribution in [2.45, 2.75) is 25.8 Å². The molecule has 3 rings (SSSR count). The minimum Gasteiger partial charge on any atom is -0.423 e. The first-order valence-electron chi connectivity index (χ1n) is 6.65. The molecule has 1 amide bonds. The van der Waals surface area contributed by atoms with Crippen LogP contribution < -0.4 is 10.6 Å². The highest BCUT2D eigenvalue weighted by atomic mass is 16.4. The van der Waals surface area contributed by atoms with Crippen molar-refractivity contribution < 1.29 is 9.21 Å². The van der Waals surface area contributed by atoms with Crippen molar-refractivity contribution in [2.24, 2.45) is 0 Å². The van der Waals surface area contributed by atoms with Crippen LogP contribution in [0.2, 0.25) is 0 Å². The van der Waals surface area contributed by atoms with Crippen LogP contribution in [-0.4, -0.2) is 28.7 Å². The topological polar surface area (TPSA) is 80.1 Å². The Balaban J connectivity index is 1.76. The lowest BCUT2D eigenvalue weighted by molar-refractivity contribution is -0.117. The van der Waals surface area contributed by atoms with Gasteiger partial charge in [-0.3, -0.25) is 4.79 Å². The van der Waals surface area contributed by atoms with Crippen LogP contribution in [0.15, 0.2) is 29.0 Å². The third kappa shape index (κ3) is 2.55. The molecule has 0 aliphatic carbocycles. The van der Waals surface area contributed by atoms with Crippen LogP contribution in [0.4, 0.5) is 5.69 Å². The summed E-state index contributed by atoms with van der Waals surface area (Å²) in [6.07, 6.45) is 3.24. The molecule has 1 fully saturated rings. The molecule has 104 valence electrons. The molecule has 6 nitrogen and oxygen atoms in total. The van der Waals surface area contributed by atoms with E-state index in [1.54, 1.807) is 0 Å². The Labute approximate surface area is 116 Å². The SMILES string of the molecule is Cc1cc(-c2nnco2)ccc1NC(=O)C1CCCN1. The van der Waals surface area contributed by atoms with E-state index in [-0.39, 0.29) is 11.9 Å². The van der Waals surface area contributed by atoms with Crippen LogP contribution in [0, 0.1) is 6.92 Å². The van der Waals surface area contributed by atoms with Crippen LogP contribution in [-0.2, 0) is 4.79 Å². The summed E-state index contributed by atoms with van der Waals surface area (Å²) in [7, 11) is 0. The molecule has 6 heteroatoms. The molecule has 1 saturated heterocycles. The molecule has 1 atom stereocenters. The minimum atomic E-state index is -0.0787. The molecule has 2 N–H and O–H groups in total. The highest BCUT2D eigenvalue weighted by Gasteiger charge is 2.22. The number of aromatic nitrogens is 2. The number of carbonyl (C=O) groups excluding carboxylic acids is 1. The van der Waals surface area contributed by atoms with Gasteiger partial charge in [0.2, 0.25) is 18.2 Å². The molecule has 2 heterocycles. The van der Waals surface area contributed by atoms with Gasteiger partial charge >= 0.3 is 0 Å². The van der Waals surface area contributed by atoms with Crippen molar-refractivity contribution in [3.8, 4) is 11.5 Å². The predicted octanol–water partition coefficient (Wildman–Crippen LogP) is 1.74. The first-order chi connectivity index (χ1) is 9.74. The summed E-state index contributed by atoms with van der Waals surface area (Å²) < 4.78 is 5.16. The summed E-state index contributed by atoms with van der Waals surface area (Å²) in [5, 5.41) is 13.7. The fourth-order valence-corrected chi connectivity index (χ4v) is 2.36. The molecular formula is C14H16N4O2. The second-order valence-electron chi connectivity index (χ2n) is 4.91. The molecule has 20 heavy (non-hydrogen) atoms. The number of aryl methyl sites for hydroxylation is 1. The fourth-order valence-electron chi connectivity index (χ4n) is 2.36. The quantitative estimate of drug-likeness (QED) is 0.889. The van der Waals surface area contributed by atoms with Crippen LogP contribution in [0.1, 0.15) is 18.4 Å². The number of carbonyl (C=O) groups is 1. The van der Waals surface area contributed by atoms with E-state index in [1.165, 1.54) is 6.39 Å². The van der Waals surface area contributed by atoms with E-state index in [4.69, 9.17) is 4.42 Å². The Morgan fingerprint density at radius 2 is 2.40 bits per heavy atom. The van der Waals surface area contributed by atoms with Gasteiger partial charge in [-0.15, -0.1) is 10.2 Å².